The number of aryl methyl sites for hydroxylation is 1. The minimum Gasteiger partial charge on any atom is -0.390 e. The Morgan fingerprint density at radius 1 is 1.22 bits per heavy atom. The van der Waals surface area contributed by atoms with Gasteiger partial charge in [-0.15, -0.1) is 0 Å². The lowest BCUT2D eigenvalue weighted by molar-refractivity contribution is -0.151. The average molecular weight is 315 g/mol. The minimum atomic E-state index is -0.609. The summed E-state index contributed by atoms with van der Waals surface area (Å²) in [6.07, 6.45) is 5.71. The predicted octanol–water partition coefficient (Wildman–Crippen LogP) is 3.19. The molecule has 2 fully saturated rings. The molecule has 1 saturated carbocycles. The highest BCUT2D eigenvalue weighted by Crippen LogP contribution is 2.39. The molecular formula is C20H29NO2. The number of likely N-dealkylation sites (tertiary alicyclic amines) is 1. The van der Waals surface area contributed by atoms with Crippen molar-refractivity contribution < 1.29 is 9.90 Å². The number of rotatable bonds is 4. The molecule has 0 spiro atoms. The second-order valence-corrected chi connectivity index (χ2v) is 7.70. The zero-order valence-corrected chi connectivity index (χ0v) is 14.4. The number of piperidine rings is 1. The van der Waals surface area contributed by atoms with Gasteiger partial charge in [0.15, 0.2) is 0 Å². The number of benzene rings is 1. The first-order valence-electron chi connectivity index (χ1n) is 9.06. The topological polar surface area (TPSA) is 40.5 Å². The first kappa shape index (κ1) is 16.5. The van der Waals surface area contributed by atoms with E-state index >= 15 is 0 Å². The van der Waals surface area contributed by atoms with Gasteiger partial charge in [-0.3, -0.25) is 4.79 Å². The molecule has 0 aromatic heterocycles. The molecule has 1 heterocycles. The van der Waals surface area contributed by atoms with Crippen LogP contribution in [0.4, 0.5) is 0 Å². The molecule has 1 saturated heterocycles. The third kappa shape index (κ3) is 3.77. The van der Waals surface area contributed by atoms with Crippen LogP contribution in [0.15, 0.2) is 24.3 Å². The van der Waals surface area contributed by atoms with E-state index in [4.69, 9.17) is 0 Å². The second-order valence-electron chi connectivity index (χ2n) is 7.70. The van der Waals surface area contributed by atoms with E-state index in [0.29, 0.717) is 18.8 Å². The summed E-state index contributed by atoms with van der Waals surface area (Å²) in [6, 6.07) is 8.75. The molecule has 1 aromatic carbocycles. The fraction of sp³-hybridized carbons (Fsp3) is 0.650. The van der Waals surface area contributed by atoms with Gasteiger partial charge in [-0.05, 0) is 62.5 Å². The van der Waals surface area contributed by atoms with Gasteiger partial charge in [-0.1, -0.05) is 31.2 Å². The van der Waals surface area contributed by atoms with Crippen molar-refractivity contribution >= 4 is 5.91 Å². The van der Waals surface area contributed by atoms with Gasteiger partial charge in [0, 0.05) is 19.0 Å². The van der Waals surface area contributed by atoms with Crippen LogP contribution in [0.25, 0.3) is 0 Å². The van der Waals surface area contributed by atoms with Gasteiger partial charge >= 0.3 is 0 Å². The Hall–Kier alpha value is -1.35. The van der Waals surface area contributed by atoms with E-state index in [9.17, 15) is 9.90 Å². The van der Waals surface area contributed by atoms with Crippen LogP contribution in [0.3, 0.4) is 0 Å². The van der Waals surface area contributed by atoms with E-state index in [1.165, 1.54) is 11.1 Å². The maximum Gasteiger partial charge on any atom is 0.225 e. The molecule has 3 nitrogen and oxygen atoms in total. The Morgan fingerprint density at radius 3 is 2.39 bits per heavy atom. The molecule has 1 aromatic rings. The lowest BCUT2D eigenvalue weighted by Crippen LogP contribution is -2.51. The highest BCUT2D eigenvalue weighted by atomic mass is 16.3. The van der Waals surface area contributed by atoms with Crippen LogP contribution in [0.2, 0.25) is 0 Å². The molecule has 23 heavy (non-hydrogen) atoms. The van der Waals surface area contributed by atoms with Crippen molar-refractivity contribution in [3.05, 3.63) is 35.4 Å². The standard InChI is InChI=1S/C20H29NO2/c1-3-16-6-4-5-7-17(16)12-15-8-10-21(11-9-15)19(22)18-13-20(2,23)14-18/h4-7,15,18,23H,3,8-14H2,1-2H3/t18-,20+. The summed E-state index contributed by atoms with van der Waals surface area (Å²) in [5, 5.41) is 9.82. The Bertz CT molecular complexity index is 551. The molecule has 0 unspecified atom stereocenters. The lowest BCUT2D eigenvalue weighted by Gasteiger charge is -2.43. The molecule has 3 heteroatoms. The van der Waals surface area contributed by atoms with Gasteiger partial charge in [0.05, 0.1) is 5.60 Å². The van der Waals surface area contributed by atoms with Gasteiger partial charge in [-0.25, -0.2) is 0 Å². The van der Waals surface area contributed by atoms with E-state index in [2.05, 4.69) is 31.2 Å². The first-order chi connectivity index (χ1) is 11.0. The lowest BCUT2D eigenvalue weighted by atomic mass is 9.71. The molecule has 1 aliphatic heterocycles. The molecule has 0 radical (unpaired) electrons. The van der Waals surface area contributed by atoms with E-state index in [1.807, 2.05) is 11.8 Å². The molecule has 0 bridgehead atoms. The van der Waals surface area contributed by atoms with Crippen molar-refractivity contribution in [3.63, 3.8) is 0 Å². The summed E-state index contributed by atoms with van der Waals surface area (Å²) >= 11 is 0. The zero-order valence-electron chi connectivity index (χ0n) is 14.4. The van der Waals surface area contributed by atoms with Crippen molar-refractivity contribution in [2.45, 2.75) is 58.0 Å². The molecule has 1 amide bonds. The van der Waals surface area contributed by atoms with Crippen molar-refractivity contribution in [2.75, 3.05) is 13.1 Å². The van der Waals surface area contributed by atoms with E-state index in [-0.39, 0.29) is 11.8 Å². The highest BCUT2D eigenvalue weighted by Gasteiger charge is 2.44. The molecule has 1 N–H and O–H groups in total. The number of amides is 1. The molecule has 1 aliphatic carbocycles. The normalized spacial score (nSPS) is 28.5. The van der Waals surface area contributed by atoms with Crippen molar-refractivity contribution in [1.82, 2.24) is 4.90 Å². The first-order valence-corrected chi connectivity index (χ1v) is 9.06. The smallest absolute Gasteiger partial charge is 0.225 e. The summed E-state index contributed by atoms with van der Waals surface area (Å²) in [4.78, 5) is 14.5. The SMILES string of the molecule is CCc1ccccc1CC1CCN(C(=O)[C@H]2C[C@@](C)(O)C2)CC1. The van der Waals surface area contributed by atoms with Gasteiger partial charge in [-0.2, -0.15) is 0 Å². The Kier molecular flexibility index (Phi) is 4.77. The number of aliphatic hydroxyl groups is 1. The zero-order chi connectivity index (χ0) is 16.4. The summed E-state index contributed by atoms with van der Waals surface area (Å²) in [5.74, 6) is 1.02. The summed E-state index contributed by atoms with van der Waals surface area (Å²) in [7, 11) is 0. The van der Waals surface area contributed by atoms with Crippen LogP contribution < -0.4 is 0 Å². The number of carbonyl (C=O) groups is 1. The van der Waals surface area contributed by atoms with Crippen LogP contribution in [-0.2, 0) is 17.6 Å². The van der Waals surface area contributed by atoms with Crippen molar-refractivity contribution in [1.29, 1.82) is 0 Å². The minimum absolute atomic E-state index is 0.0577. The monoisotopic (exact) mass is 315 g/mol. The Morgan fingerprint density at radius 2 is 1.83 bits per heavy atom. The Balaban J connectivity index is 1.50. The number of hydrogen-bond donors (Lipinski definition) is 1. The maximum atomic E-state index is 12.4. The molecule has 2 aliphatic rings. The number of carbonyl (C=O) groups excluding carboxylic acids is 1. The quantitative estimate of drug-likeness (QED) is 0.927. The largest absolute Gasteiger partial charge is 0.390 e. The molecular weight excluding hydrogens is 286 g/mol. The van der Waals surface area contributed by atoms with Crippen LogP contribution in [0.1, 0.15) is 50.7 Å². The second kappa shape index (κ2) is 6.64. The van der Waals surface area contributed by atoms with Crippen molar-refractivity contribution in [3.8, 4) is 0 Å². The van der Waals surface area contributed by atoms with Gasteiger partial charge in [0.2, 0.25) is 5.91 Å². The van der Waals surface area contributed by atoms with E-state index in [1.54, 1.807) is 0 Å². The fourth-order valence-electron chi connectivity index (χ4n) is 4.20. The van der Waals surface area contributed by atoms with Crippen LogP contribution in [-0.4, -0.2) is 34.6 Å². The third-order valence-electron chi connectivity index (χ3n) is 5.66. The number of hydrogen-bond acceptors (Lipinski definition) is 2. The average Bonchev–Trinajstić information content (AvgIpc) is 2.53. The fourth-order valence-corrected chi connectivity index (χ4v) is 4.20. The summed E-state index contributed by atoms with van der Waals surface area (Å²) < 4.78 is 0. The number of nitrogens with zero attached hydrogens (tertiary/aromatic N) is 1. The van der Waals surface area contributed by atoms with Gasteiger partial charge in [0.1, 0.15) is 0 Å². The molecule has 126 valence electrons. The summed E-state index contributed by atoms with van der Waals surface area (Å²) in [5.41, 5.74) is 2.33. The van der Waals surface area contributed by atoms with E-state index in [0.717, 1.165) is 38.8 Å². The molecule has 0 atom stereocenters. The highest BCUT2D eigenvalue weighted by molar-refractivity contribution is 5.80. The Labute approximate surface area is 139 Å². The summed E-state index contributed by atoms with van der Waals surface area (Å²) in [6.45, 7) is 5.81. The van der Waals surface area contributed by atoms with Crippen LogP contribution in [0.5, 0.6) is 0 Å². The van der Waals surface area contributed by atoms with E-state index < -0.39 is 5.60 Å². The third-order valence-corrected chi connectivity index (χ3v) is 5.66. The maximum absolute atomic E-state index is 12.4. The van der Waals surface area contributed by atoms with Gasteiger partial charge < -0.3 is 10.0 Å². The van der Waals surface area contributed by atoms with Crippen LogP contribution in [0, 0.1) is 11.8 Å². The molecule has 3 rings (SSSR count). The van der Waals surface area contributed by atoms with Gasteiger partial charge in [0.25, 0.3) is 0 Å². The predicted molar refractivity (Wildman–Crippen MR) is 92.2 cm³/mol. The van der Waals surface area contributed by atoms with Crippen molar-refractivity contribution in [2.24, 2.45) is 11.8 Å². The van der Waals surface area contributed by atoms with Crippen LogP contribution >= 0.6 is 0 Å².